The van der Waals surface area contributed by atoms with Gasteiger partial charge in [-0.3, -0.25) is 4.79 Å². The summed E-state index contributed by atoms with van der Waals surface area (Å²) in [4.78, 5) is 11.6. The number of primary amides is 1. The zero-order valence-electron chi connectivity index (χ0n) is 10.8. The number of nitrogens with two attached hydrogens (primary N) is 1. The molecule has 0 aromatic rings. The van der Waals surface area contributed by atoms with E-state index in [1.54, 1.807) is 0 Å². The monoisotopic (exact) mass is 280 g/mol. The second-order valence-corrected chi connectivity index (χ2v) is 5.55. The molecular formula is C12H19F3N2O2. The first-order valence-corrected chi connectivity index (χ1v) is 6.53. The largest absolute Gasteiger partial charge is 0.414 e. The van der Waals surface area contributed by atoms with E-state index in [1.807, 2.05) is 0 Å². The fourth-order valence-corrected chi connectivity index (χ4v) is 2.53. The molecule has 1 amide bonds. The molecule has 3 N–H and O–H groups in total. The van der Waals surface area contributed by atoms with Crippen molar-refractivity contribution in [3.8, 4) is 0 Å². The third-order valence-electron chi connectivity index (χ3n) is 3.86. The van der Waals surface area contributed by atoms with Crippen LogP contribution < -0.4 is 11.1 Å². The standard InChI is InChI=1S/C12H19F3N2O2/c1-7(12(13,14)15)19-9-4-5-11(6-9,10(16)18)17-8-2-3-8/h7-9,17H,2-6H2,1H3,(H2,16,18). The summed E-state index contributed by atoms with van der Waals surface area (Å²) in [6.07, 6.45) is -3.71. The molecule has 3 unspecified atom stereocenters. The van der Waals surface area contributed by atoms with Crippen molar-refractivity contribution in [3.63, 3.8) is 0 Å². The lowest BCUT2D eigenvalue weighted by Gasteiger charge is -2.28. The van der Waals surface area contributed by atoms with Crippen molar-refractivity contribution in [1.82, 2.24) is 5.32 Å². The van der Waals surface area contributed by atoms with E-state index in [0.717, 1.165) is 19.8 Å². The maximum absolute atomic E-state index is 12.4. The van der Waals surface area contributed by atoms with Gasteiger partial charge in [0.15, 0.2) is 6.10 Å². The van der Waals surface area contributed by atoms with E-state index < -0.39 is 29.8 Å². The Hall–Kier alpha value is -0.820. The molecule has 0 aromatic carbocycles. The number of ether oxygens (including phenoxy) is 1. The Morgan fingerprint density at radius 3 is 2.53 bits per heavy atom. The van der Waals surface area contributed by atoms with Gasteiger partial charge in [-0.15, -0.1) is 0 Å². The van der Waals surface area contributed by atoms with Crippen LogP contribution in [0.1, 0.15) is 39.0 Å². The molecule has 19 heavy (non-hydrogen) atoms. The average Bonchev–Trinajstić information content (AvgIpc) is 2.98. The van der Waals surface area contributed by atoms with Crippen molar-refractivity contribution in [3.05, 3.63) is 0 Å². The lowest BCUT2D eigenvalue weighted by atomic mass is 9.96. The van der Waals surface area contributed by atoms with Crippen molar-refractivity contribution in [1.29, 1.82) is 0 Å². The van der Waals surface area contributed by atoms with Crippen LogP contribution in [0.5, 0.6) is 0 Å². The highest BCUT2D eigenvalue weighted by Crippen LogP contribution is 2.37. The van der Waals surface area contributed by atoms with Crippen molar-refractivity contribution in [2.75, 3.05) is 0 Å². The number of carbonyl (C=O) groups is 1. The molecule has 0 heterocycles. The first-order valence-electron chi connectivity index (χ1n) is 6.53. The zero-order valence-corrected chi connectivity index (χ0v) is 10.8. The zero-order chi connectivity index (χ0) is 14.3. The summed E-state index contributed by atoms with van der Waals surface area (Å²) in [5.74, 6) is -0.495. The number of hydrogen-bond donors (Lipinski definition) is 2. The van der Waals surface area contributed by atoms with Gasteiger partial charge < -0.3 is 15.8 Å². The predicted molar refractivity (Wildman–Crippen MR) is 62.3 cm³/mol. The van der Waals surface area contributed by atoms with Crippen LogP contribution in [-0.4, -0.2) is 35.9 Å². The third kappa shape index (κ3) is 3.39. The van der Waals surface area contributed by atoms with Gasteiger partial charge in [0.2, 0.25) is 5.91 Å². The first kappa shape index (κ1) is 14.6. The number of amides is 1. The van der Waals surface area contributed by atoms with E-state index in [1.165, 1.54) is 0 Å². The van der Waals surface area contributed by atoms with E-state index >= 15 is 0 Å². The summed E-state index contributed by atoms with van der Waals surface area (Å²) < 4.78 is 42.3. The highest BCUT2D eigenvalue weighted by molar-refractivity contribution is 5.85. The van der Waals surface area contributed by atoms with E-state index in [2.05, 4.69) is 5.32 Å². The SMILES string of the molecule is CC(OC1CCC(NC2CC2)(C(N)=O)C1)C(F)(F)F. The van der Waals surface area contributed by atoms with Gasteiger partial charge in [0.05, 0.1) is 6.10 Å². The van der Waals surface area contributed by atoms with Crippen molar-refractivity contribution < 1.29 is 22.7 Å². The van der Waals surface area contributed by atoms with Crippen molar-refractivity contribution >= 4 is 5.91 Å². The summed E-state index contributed by atoms with van der Waals surface area (Å²) in [6, 6.07) is 0.270. The lowest BCUT2D eigenvalue weighted by Crippen LogP contribution is -2.55. The van der Waals surface area contributed by atoms with Gasteiger partial charge >= 0.3 is 6.18 Å². The van der Waals surface area contributed by atoms with Gasteiger partial charge in [-0.25, -0.2) is 0 Å². The summed E-state index contributed by atoms with van der Waals surface area (Å²) >= 11 is 0. The molecule has 2 saturated carbocycles. The average molecular weight is 280 g/mol. The van der Waals surface area contributed by atoms with Crippen LogP contribution in [-0.2, 0) is 9.53 Å². The van der Waals surface area contributed by atoms with Crippen molar-refractivity contribution in [2.45, 2.75) is 69.0 Å². The van der Waals surface area contributed by atoms with Gasteiger partial charge in [0.25, 0.3) is 0 Å². The van der Waals surface area contributed by atoms with E-state index in [0.29, 0.717) is 12.8 Å². The third-order valence-corrected chi connectivity index (χ3v) is 3.86. The molecule has 0 bridgehead atoms. The normalized spacial score (nSPS) is 33.4. The fraction of sp³-hybridized carbons (Fsp3) is 0.917. The molecule has 4 nitrogen and oxygen atoms in total. The number of hydrogen-bond acceptors (Lipinski definition) is 3. The van der Waals surface area contributed by atoms with Crippen LogP contribution in [0.15, 0.2) is 0 Å². The molecule has 2 rings (SSSR count). The first-order chi connectivity index (χ1) is 8.73. The maximum atomic E-state index is 12.4. The van der Waals surface area contributed by atoms with Crippen LogP contribution in [0.4, 0.5) is 13.2 Å². The Labute approximate surface area is 109 Å². The quantitative estimate of drug-likeness (QED) is 0.802. The Bertz CT molecular complexity index is 357. The van der Waals surface area contributed by atoms with Gasteiger partial charge in [0.1, 0.15) is 5.54 Å². The molecule has 2 aliphatic rings. The molecule has 0 aromatic heterocycles. The summed E-state index contributed by atoms with van der Waals surface area (Å²) in [6.45, 7) is 0.985. The topological polar surface area (TPSA) is 64.3 Å². The molecule has 7 heteroatoms. The Morgan fingerprint density at radius 2 is 2.05 bits per heavy atom. The molecule has 2 aliphatic carbocycles. The molecular weight excluding hydrogens is 261 g/mol. The molecule has 3 atom stereocenters. The predicted octanol–water partition coefficient (Wildman–Crippen LogP) is 1.48. The van der Waals surface area contributed by atoms with Crippen LogP contribution in [0.2, 0.25) is 0 Å². The Kier molecular flexibility index (Phi) is 3.79. The number of alkyl halides is 3. The number of carbonyl (C=O) groups excluding carboxylic acids is 1. The number of rotatable bonds is 5. The minimum Gasteiger partial charge on any atom is -0.368 e. The van der Waals surface area contributed by atoms with Crippen LogP contribution in [0.25, 0.3) is 0 Å². The van der Waals surface area contributed by atoms with Crippen LogP contribution in [0.3, 0.4) is 0 Å². The highest BCUT2D eigenvalue weighted by atomic mass is 19.4. The Balaban J connectivity index is 1.94. The maximum Gasteiger partial charge on any atom is 0.414 e. The number of nitrogens with one attached hydrogen (secondary N) is 1. The smallest absolute Gasteiger partial charge is 0.368 e. The highest BCUT2D eigenvalue weighted by Gasteiger charge is 2.49. The van der Waals surface area contributed by atoms with Gasteiger partial charge in [-0.05, 0) is 32.6 Å². The summed E-state index contributed by atoms with van der Waals surface area (Å²) in [5.41, 5.74) is 4.52. The second kappa shape index (κ2) is 4.94. The van der Waals surface area contributed by atoms with Gasteiger partial charge in [0, 0.05) is 12.5 Å². The fourth-order valence-electron chi connectivity index (χ4n) is 2.53. The van der Waals surface area contributed by atoms with Crippen LogP contribution in [0, 0.1) is 0 Å². The summed E-state index contributed by atoms with van der Waals surface area (Å²) in [5, 5.41) is 3.17. The van der Waals surface area contributed by atoms with Crippen molar-refractivity contribution in [2.24, 2.45) is 5.73 Å². The van der Waals surface area contributed by atoms with Gasteiger partial charge in [-0.2, -0.15) is 13.2 Å². The molecule has 2 fully saturated rings. The second-order valence-electron chi connectivity index (χ2n) is 5.55. The molecule has 110 valence electrons. The minimum atomic E-state index is -4.37. The lowest BCUT2D eigenvalue weighted by molar-refractivity contribution is -0.226. The Morgan fingerprint density at radius 1 is 1.42 bits per heavy atom. The van der Waals surface area contributed by atoms with E-state index in [4.69, 9.17) is 10.5 Å². The molecule has 0 radical (unpaired) electrons. The molecule has 0 aliphatic heterocycles. The minimum absolute atomic E-state index is 0.221. The molecule has 0 spiro atoms. The van der Waals surface area contributed by atoms with Crippen LogP contribution >= 0.6 is 0 Å². The summed E-state index contributed by atoms with van der Waals surface area (Å²) in [7, 11) is 0. The van der Waals surface area contributed by atoms with Gasteiger partial charge in [-0.1, -0.05) is 0 Å². The molecule has 0 saturated heterocycles. The van der Waals surface area contributed by atoms with E-state index in [-0.39, 0.29) is 12.5 Å². The number of halogens is 3. The van der Waals surface area contributed by atoms with E-state index in [9.17, 15) is 18.0 Å².